The summed E-state index contributed by atoms with van der Waals surface area (Å²) in [5.74, 6) is 1.56. The average molecular weight is 351 g/mol. The number of benzene rings is 2. The Morgan fingerprint density at radius 2 is 1.88 bits per heavy atom. The van der Waals surface area contributed by atoms with Gasteiger partial charge < -0.3 is 9.47 Å². The number of thiazole rings is 1. The highest BCUT2D eigenvalue weighted by molar-refractivity contribution is 7.14. The summed E-state index contributed by atoms with van der Waals surface area (Å²) in [5.41, 5.74) is 7.10. The molecule has 0 saturated carbocycles. The highest BCUT2D eigenvalue weighted by atomic mass is 32.1. The predicted octanol–water partition coefficient (Wildman–Crippen LogP) is 4.34. The van der Waals surface area contributed by atoms with Gasteiger partial charge in [0.05, 0.1) is 11.9 Å². The maximum Gasteiger partial charge on any atom is 0.203 e. The van der Waals surface area contributed by atoms with Crippen molar-refractivity contribution in [1.82, 2.24) is 4.98 Å². The lowest BCUT2D eigenvalue weighted by Gasteiger charge is -2.19. The number of anilines is 1. The van der Waals surface area contributed by atoms with Crippen LogP contribution in [0.25, 0.3) is 11.3 Å². The molecule has 0 aliphatic carbocycles. The van der Waals surface area contributed by atoms with Gasteiger partial charge in [-0.1, -0.05) is 30.3 Å². The molecule has 2 heterocycles. The fraction of sp³-hybridized carbons (Fsp3) is 0.158. The van der Waals surface area contributed by atoms with Crippen LogP contribution in [0.5, 0.6) is 11.5 Å². The zero-order valence-corrected chi connectivity index (χ0v) is 14.5. The van der Waals surface area contributed by atoms with Crippen molar-refractivity contribution >= 4 is 22.7 Å². The molecule has 0 saturated heterocycles. The first kappa shape index (κ1) is 15.7. The van der Waals surface area contributed by atoms with Gasteiger partial charge in [-0.3, -0.25) is 5.43 Å². The van der Waals surface area contributed by atoms with Crippen LogP contribution in [0.3, 0.4) is 0 Å². The van der Waals surface area contributed by atoms with Crippen molar-refractivity contribution in [3.8, 4) is 22.8 Å². The lowest BCUT2D eigenvalue weighted by molar-refractivity contribution is 0.171. The Balaban J connectivity index is 1.47. The number of fused-ring (bicyclic) bond motifs is 1. The van der Waals surface area contributed by atoms with Crippen molar-refractivity contribution in [1.29, 1.82) is 0 Å². The van der Waals surface area contributed by atoms with E-state index in [0.29, 0.717) is 13.2 Å². The molecule has 0 bridgehead atoms. The van der Waals surface area contributed by atoms with Crippen molar-refractivity contribution in [2.24, 2.45) is 5.10 Å². The van der Waals surface area contributed by atoms with Gasteiger partial charge in [-0.2, -0.15) is 5.10 Å². The van der Waals surface area contributed by atoms with Crippen molar-refractivity contribution in [2.45, 2.75) is 6.92 Å². The minimum atomic E-state index is 0.576. The van der Waals surface area contributed by atoms with E-state index in [1.54, 1.807) is 6.21 Å². The number of hydrazone groups is 1. The fourth-order valence-electron chi connectivity index (χ4n) is 2.57. The highest BCUT2D eigenvalue weighted by Crippen LogP contribution is 2.32. The van der Waals surface area contributed by atoms with Gasteiger partial charge in [0.25, 0.3) is 0 Å². The molecule has 0 atom stereocenters. The Morgan fingerprint density at radius 3 is 2.68 bits per heavy atom. The van der Waals surface area contributed by atoms with Gasteiger partial charge in [0.15, 0.2) is 11.5 Å². The molecule has 25 heavy (non-hydrogen) atoms. The van der Waals surface area contributed by atoms with E-state index in [4.69, 9.17) is 9.47 Å². The number of aromatic nitrogens is 1. The summed E-state index contributed by atoms with van der Waals surface area (Å²) >= 11 is 1.53. The van der Waals surface area contributed by atoms with Crippen LogP contribution in [0.15, 0.2) is 52.9 Å². The number of hydrogen-bond donors (Lipinski definition) is 1. The number of nitrogens with zero attached hydrogens (tertiary/aromatic N) is 2. The molecule has 3 aromatic rings. The molecule has 0 unspecified atom stereocenters. The SMILES string of the molecule is Cc1cc2c(cc1C=NNc1nc(-c3ccccc3)cs1)OCCO2. The molecule has 0 spiro atoms. The summed E-state index contributed by atoms with van der Waals surface area (Å²) in [5, 5.41) is 7.08. The topological polar surface area (TPSA) is 55.7 Å². The number of nitrogens with one attached hydrogen (secondary N) is 1. The monoisotopic (exact) mass is 351 g/mol. The van der Waals surface area contributed by atoms with Crippen LogP contribution in [0.2, 0.25) is 0 Å². The molecule has 1 aliphatic rings. The molecule has 126 valence electrons. The van der Waals surface area contributed by atoms with Crippen molar-refractivity contribution in [3.63, 3.8) is 0 Å². The normalized spacial score (nSPS) is 13.2. The van der Waals surface area contributed by atoms with Crippen LogP contribution in [-0.4, -0.2) is 24.4 Å². The minimum Gasteiger partial charge on any atom is -0.486 e. The van der Waals surface area contributed by atoms with E-state index in [2.05, 4.69) is 15.5 Å². The smallest absolute Gasteiger partial charge is 0.203 e. The third kappa shape index (κ3) is 3.49. The summed E-state index contributed by atoms with van der Waals surface area (Å²) in [6.07, 6.45) is 1.77. The summed E-state index contributed by atoms with van der Waals surface area (Å²) in [6, 6.07) is 14.0. The molecule has 2 aromatic carbocycles. The van der Waals surface area contributed by atoms with Crippen LogP contribution in [0.4, 0.5) is 5.13 Å². The number of aryl methyl sites for hydroxylation is 1. The predicted molar refractivity (Wildman–Crippen MR) is 101 cm³/mol. The maximum atomic E-state index is 5.62. The van der Waals surface area contributed by atoms with Crippen LogP contribution in [0, 0.1) is 6.92 Å². The quantitative estimate of drug-likeness (QED) is 0.561. The molecular formula is C19H17N3O2S. The van der Waals surface area contributed by atoms with Crippen molar-refractivity contribution in [3.05, 3.63) is 59.0 Å². The first-order valence-electron chi connectivity index (χ1n) is 8.00. The largest absolute Gasteiger partial charge is 0.486 e. The van der Waals surface area contributed by atoms with Crippen LogP contribution in [-0.2, 0) is 0 Å². The molecule has 0 radical (unpaired) electrons. The Kier molecular flexibility index (Phi) is 4.35. The Hall–Kier alpha value is -2.86. The Morgan fingerprint density at radius 1 is 1.12 bits per heavy atom. The van der Waals surface area contributed by atoms with E-state index in [-0.39, 0.29) is 0 Å². The summed E-state index contributed by atoms with van der Waals surface area (Å²) < 4.78 is 11.2. The third-order valence-electron chi connectivity index (χ3n) is 3.87. The molecule has 0 amide bonds. The van der Waals surface area contributed by atoms with E-state index in [0.717, 1.165) is 39.0 Å². The highest BCUT2D eigenvalue weighted by Gasteiger charge is 2.13. The van der Waals surface area contributed by atoms with Gasteiger partial charge in [-0.25, -0.2) is 4.98 Å². The van der Waals surface area contributed by atoms with Crippen LogP contribution >= 0.6 is 11.3 Å². The first-order valence-corrected chi connectivity index (χ1v) is 8.88. The average Bonchev–Trinajstić information content (AvgIpc) is 3.12. The first-order chi connectivity index (χ1) is 12.3. The summed E-state index contributed by atoms with van der Waals surface area (Å²) in [7, 11) is 0. The van der Waals surface area contributed by atoms with Crippen molar-refractivity contribution < 1.29 is 9.47 Å². The number of rotatable bonds is 4. The number of ether oxygens (including phenoxy) is 2. The summed E-state index contributed by atoms with van der Waals surface area (Å²) in [4.78, 5) is 4.55. The van der Waals surface area contributed by atoms with Gasteiger partial charge in [0.1, 0.15) is 13.2 Å². The van der Waals surface area contributed by atoms with Gasteiger partial charge in [0.2, 0.25) is 5.13 Å². The standard InChI is InChI=1S/C19H17N3O2S/c1-13-9-17-18(24-8-7-23-17)10-15(13)11-20-22-19-21-16(12-25-19)14-5-3-2-4-6-14/h2-6,9-12H,7-8H2,1H3,(H,21,22). The molecule has 4 rings (SSSR count). The van der Waals surface area contributed by atoms with Gasteiger partial charge in [0, 0.05) is 16.5 Å². The molecule has 1 N–H and O–H groups in total. The van der Waals surface area contributed by atoms with Crippen LogP contribution < -0.4 is 14.9 Å². The lowest BCUT2D eigenvalue weighted by Crippen LogP contribution is -2.15. The second-order valence-corrected chi connectivity index (χ2v) is 6.48. The second kappa shape index (κ2) is 6.94. The minimum absolute atomic E-state index is 0.576. The molecule has 0 fully saturated rings. The van der Waals surface area contributed by atoms with Crippen molar-refractivity contribution in [2.75, 3.05) is 18.6 Å². The molecule has 1 aromatic heterocycles. The molecule has 6 heteroatoms. The van der Waals surface area contributed by atoms with Gasteiger partial charge >= 0.3 is 0 Å². The Bertz CT molecular complexity index is 906. The Labute approximate surface area is 150 Å². The zero-order chi connectivity index (χ0) is 17.1. The second-order valence-electron chi connectivity index (χ2n) is 5.63. The van der Waals surface area contributed by atoms with Crippen LogP contribution in [0.1, 0.15) is 11.1 Å². The molecular weight excluding hydrogens is 334 g/mol. The van der Waals surface area contributed by atoms with E-state index in [1.807, 2.05) is 54.8 Å². The molecule has 1 aliphatic heterocycles. The van der Waals surface area contributed by atoms with Gasteiger partial charge in [-0.15, -0.1) is 11.3 Å². The van der Waals surface area contributed by atoms with E-state index < -0.39 is 0 Å². The van der Waals surface area contributed by atoms with E-state index in [1.165, 1.54) is 11.3 Å². The van der Waals surface area contributed by atoms with E-state index >= 15 is 0 Å². The fourth-order valence-corrected chi connectivity index (χ4v) is 3.24. The zero-order valence-electron chi connectivity index (χ0n) is 13.7. The van der Waals surface area contributed by atoms with E-state index in [9.17, 15) is 0 Å². The van der Waals surface area contributed by atoms with Gasteiger partial charge in [-0.05, 0) is 24.6 Å². The third-order valence-corrected chi connectivity index (χ3v) is 4.62. The number of hydrogen-bond acceptors (Lipinski definition) is 6. The lowest BCUT2D eigenvalue weighted by atomic mass is 10.1. The molecule has 5 nitrogen and oxygen atoms in total. The summed E-state index contributed by atoms with van der Waals surface area (Å²) in [6.45, 7) is 3.19. The maximum absolute atomic E-state index is 5.62.